The third-order valence-corrected chi connectivity index (χ3v) is 6.66. The van der Waals surface area contributed by atoms with Gasteiger partial charge in [-0.1, -0.05) is 0 Å². The van der Waals surface area contributed by atoms with Crippen LogP contribution in [0.1, 0.15) is 20.3 Å². The zero-order valence-electron chi connectivity index (χ0n) is 11.2. The molecule has 10 heteroatoms. The van der Waals surface area contributed by atoms with E-state index in [1.165, 1.54) is 13.8 Å². The fourth-order valence-corrected chi connectivity index (χ4v) is 5.10. The second-order valence-electron chi connectivity index (χ2n) is 5.36. The number of fused-ring (bicyclic) bond motifs is 1. The van der Waals surface area contributed by atoms with Crippen LogP contribution in [0.2, 0.25) is 0 Å². The van der Waals surface area contributed by atoms with E-state index in [0.717, 1.165) is 11.2 Å². The van der Waals surface area contributed by atoms with Crippen molar-refractivity contribution in [1.29, 1.82) is 0 Å². The highest BCUT2D eigenvalue weighted by molar-refractivity contribution is 7.94. The monoisotopic (exact) mass is 325 g/mol. The lowest BCUT2D eigenvalue weighted by Gasteiger charge is -2.41. The molecule has 0 bridgehead atoms. The Morgan fingerprint density at radius 2 is 2.15 bits per heavy atom. The van der Waals surface area contributed by atoms with Gasteiger partial charge in [0.1, 0.15) is 6.61 Å². The quantitative estimate of drug-likeness (QED) is 0.394. The number of aliphatic carboxylic acids is 1. The van der Waals surface area contributed by atoms with Gasteiger partial charge in [-0.3, -0.25) is 13.9 Å². The molecule has 0 aromatic carbocycles. The first-order chi connectivity index (χ1) is 8.95. The first-order valence-electron chi connectivity index (χ1n) is 5.76. The molecule has 0 aromatic heterocycles. The maximum Gasteiger partial charge on any atom is 0.337 e. The molecule has 2 aliphatic rings. The lowest BCUT2D eigenvalue weighted by atomic mass is 9.82. The van der Waals surface area contributed by atoms with Crippen LogP contribution in [-0.4, -0.2) is 63.4 Å². The Kier molecular flexibility index (Phi) is 3.36. The van der Waals surface area contributed by atoms with Crippen LogP contribution in [0.15, 0.2) is 0 Å². The Hall–Kier alpha value is -0.840. The lowest BCUT2D eigenvalue weighted by Crippen LogP contribution is -2.69. The van der Waals surface area contributed by atoms with E-state index in [9.17, 15) is 27.7 Å². The maximum atomic E-state index is 12.3. The average molecular weight is 325 g/mol. The normalized spacial score (nSPS) is 35.6. The summed E-state index contributed by atoms with van der Waals surface area (Å²) in [5, 5.41) is 8.85. The topological polar surface area (TPSA) is 124 Å². The number of hydrogen-bond donors (Lipinski definition) is 1. The van der Waals surface area contributed by atoms with Gasteiger partial charge in [-0.2, -0.15) is 8.42 Å². The van der Waals surface area contributed by atoms with E-state index in [0.29, 0.717) is 0 Å². The molecule has 0 radical (unpaired) electrons. The minimum absolute atomic E-state index is 0.00391. The van der Waals surface area contributed by atoms with Gasteiger partial charge in [-0.05, 0) is 25.0 Å². The summed E-state index contributed by atoms with van der Waals surface area (Å²) in [6.45, 7) is 2.13. The summed E-state index contributed by atoms with van der Waals surface area (Å²) in [4.78, 5) is 24.4. The molecule has 1 amide bonds. The van der Waals surface area contributed by atoms with E-state index >= 15 is 0 Å². The van der Waals surface area contributed by atoms with Crippen molar-refractivity contribution in [2.24, 2.45) is 0 Å². The van der Waals surface area contributed by atoms with E-state index in [-0.39, 0.29) is 6.42 Å². The van der Waals surface area contributed by atoms with Crippen LogP contribution in [0.3, 0.4) is 0 Å². The molecule has 2 rings (SSSR count). The first kappa shape index (κ1) is 15.5. The zero-order valence-corrected chi connectivity index (χ0v) is 12.8. The molecule has 2 aliphatic heterocycles. The molecule has 1 unspecified atom stereocenters. The number of carboxylic acid groups (broad SMARTS) is 1. The number of nitrogens with zero attached hydrogens (tertiary/aromatic N) is 1. The number of hydrogen-bond acceptors (Lipinski definition) is 6. The summed E-state index contributed by atoms with van der Waals surface area (Å²) in [6.07, 6.45) is 0.792. The highest BCUT2D eigenvalue weighted by Gasteiger charge is 2.77. The molecule has 8 nitrogen and oxygen atoms in total. The first-order valence-corrected chi connectivity index (χ1v) is 8.79. The molecule has 1 N–H and O–H groups in total. The molecule has 114 valence electrons. The summed E-state index contributed by atoms with van der Waals surface area (Å²) in [5.41, 5.74) is -1.94. The second-order valence-corrected chi connectivity index (χ2v) is 9.17. The van der Waals surface area contributed by atoms with Crippen LogP contribution in [-0.2, 0) is 35.1 Å². The van der Waals surface area contributed by atoms with Gasteiger partial charge in [0.15, 0.2) is 4.75 Å². The van der Waals surface area contributed by atoms with Gasteiger partial charge in [-0.15, -0.1) is 0 Å². The van der Waals surface area contributed by atoms with Crippen LogP contribution in [0.5, 0.6) is 0 Å². The molecule has 2 fully saturated rings. The van der Waals surface area contributed by atoms with E-state index < -0.39 is 55.4 Å². The third kappa shape index (κ3) is 1.85. The Morgan fingerprint density at radius 3 is 2.55 bits per heavy atom. The smallest absolute Gasteiger partial charge is 0.337 e. The zero-order chi connectivity index (χ0) is 15.5. The fraction of sp³-hybridized carbons (Fsp3) is 0.800. The van der Waals surface area contributed by atoms with Gasteiger partial charge in [0, 0.05) is 0 Å². The number of amides is 1. The molecule has 0 aromatic rings. The number of β-lactam (4-membered cyclic amide) rings is 1. The van der Waals surface area contributed by atoms with Crippen LogP contribution in [0, 0.1) is 0 Å². The van der Waals surface area contributed by atoms with Crippen LogP contribution in [0.4, 0.5) is 0 Å². The average Bonchev–Trinajstić information content (AvgIpc) is 2.40. The minimum atomic E-state index is -3.89. The van der Waals surface area contributed by atoms with Crippen molar-refractivity contribution in [2.45, 2.75) is 35.9 Å². The number of rotatable bonds is 4. The van der Waals surface area contributed by atoms with E-state index in [1.807, 2.05) is 0 Å². The van der Waals surface area contributed by atoms with Gasteiger partial charge < -0.3 is 9.66 Å². The Morgan fingerprint density at radius 1 is 1.60 bits per heavy atom. The van der Waals surface area contributed by atoms with Crippen molar-refractivity contribution in [3.63, 3.8) is 0 Å². The summed E-state index contributed by atoms with van der Waals surface area (Å²) in [6, 6.07) is 0. The molecular weight excluding hydrogens is 310 g/mol. The number of carboxylic acids is 1. The Balaban J connectivity index is 2.49. The van der Waals surface area contributed by atoms with Crippen molar-refractivity contribution < 1.29 is 31.8 Å². The summed E-state index contributed by atoms with van der Waals surface area (Å²) >= 11 is -1.61. The van der Waals surface area contributed by atoms with Crippen molar-refractivity contribution in [2.75, 3.05) is 12.9 Å². The molecule has 2 saturated heterocycles. The van der Waals surface area contributed by atoms with Crippen molar-refractivity contribution in [3.8, 4) is 0 Å². The summed E-state index contributed by atoms with van der Waals surface area (Å²) in [5.74, 6) is -1.89. The van der Waals surface area contributed by atoms with E-state index in [2.05, 4.69) is 4.18 Å². The minimum Gasteiger partial charge on any atom is -0.614 e. The number of carbonyl (C=O) groups is 2. The highest BCUT2D eigenvalue weighted by atomic mass is 32.2. The largest absolute Gasteiger partial charge is 0.614 e. The standard InChI is InChI=1S/C10H15NO7S2/c1-9(2)10(8(13)14,5-18-20(3,16)17)11-6(12)4-7(11)19(9)15/h7H,4-5H2,1-3H3,(H,13,14)/t7-,10+,19?/m1/s1. The molecule has 0 saturated carbocycles. The maximum absolute atomic E-state index is 12.3. The third-order valence-electron chi connectivity index (χ3n) is 3.90. The molecule has 0 aliphatic carbocycles. The highest BCUT2D eigenvalue weighted by Crippen LogP contribution is 2.52. The van der Waals surface area contributed by atoms with Gasteiger partial charge in [0.25, 0.3) is 10.1 Å². The molecule has 20 heavy (non-hydrogen) atoms. The van der Waals surface area contributed by atoms with Crippen molar-refractivity contribution >= 4 is 33.2 Å². The van der Waals surface area contributed by atoms with Gasteiger partial charge in [0.2, 0.25) is 16.8 Å². The molecule has 0 spiro atoms. The molecule has 3 atom stereocenters. The predicted molar refractivity (Wildman–Crippen MR) is 68.6 cm³/mol. The fourth-order valence-electron chi connectivity index (χ4n) is 2.67. The van der Waals surface area contributed by atoms with Crippen LogP contribution >= 0.6 is 0 Å². The van der Waals surface area contributed by atoms with Crippen LogP contribution in [0.25, 0.3) is 0 Å². The van der Waals surface area contributed by atoms with Gasteiger partial charge in [-0.25, -0.2) is 4.79 Å². The predicted octanol–water partition coefficient (Wildman–Crippen LogP) is -1.11. The Labute approximate surface area is 119 Å². The van der Waals surface area contributed by atoms with Gasteiger partial charge >= 0.3 is 5.97 Å². The van der Waals surface area contributed by atoms with Crippen molar-refractivity contribution in [3.05, 3.63) is 0 Å². The Bertz CT molecular complexity index is 572. The molecule has 2 heterocycles. The van der Waals surface area contributed by atoms with E-state index in [4.69, 9.17) is 0 Å². The van der Waals surface area contributed by atoms with Gasteiger partial charge in [0.05, 0.1) is 12.7 Å². The molecular formula is C10H15NO7S2. The summed E-state index contributed by atoms with van der Waals surface area (Å²) < 4.78 is 37.9. The summed E-state index contributed by atoms with van der Waals surface area (Å²) in [7, 11) is -3.89. The number of carbonyl (C=O) groups excluding carboxylic acids is 1. The van der Waals surface area contributed by atoms with Crippen molar-refractivity contribution in [1.82, 2.24) is 4.90 Å². The lowest BCUT2D eigenvalue weighted by molar-refractivity contribution is -0.170. The SMILES string of the molecule is CC1(C)[S+]([O-])[C@@H]2CC(=O)N2[C@@]1(COS(C)(=O)=O)C(=O)O. The van der Waals surface area contributed by atoms with E-state index in [1.54, 1.807) is 0 Å². The van der Waals surface area contributed by atoms with Crippen LogP contribution < -0.4 is 0 Å². The second kappa shape index (κ2) is 4.33.